The highest BCUT2D eigenvalue weighted by molar-refractivity contribution is 5.40. The second-order valence-corrected chi connectivity index (χ2v) is 5.55. The molecule has 2 atom stereocenters. The summed E-state index contributed by atoms with van der Waals surface area (Å²) >= 11 is 0. The highest BCUT2D eigenvalue weighted by Gasteiger charge is 2.33. The Morgan fingerprint density at radius 1 is 1.29 bits per heavy atom. The van der Waals surface area contributed by atoms with Crippen LogP contribution in [-0.2, 0) is 6.42 Å². The van der Waals surface area contributed by atoms with Crippen LogP contribution in [0.4, 0.5) is 0 Å². The Kier molecular flexibility index (Phi) is 2.83. The molecule has 0 unspecified atom stereocenters. The minimum atomic E-state index is 0.358. The quantitative estimate of drug-likeness (QED) is 0.868. The second-order valence-electron chi connectivity index (χ2n) is 5.55. The summed E-state index contributed by atoms with van der Waals surface area (Å²) in [6.07, 6.45) is 6.34. The Morgan fingerprint density at radius 3 is 2.82 bits per heavy atom. The number of hydrogen-bond donors (Lipinski definition) is 1. The largest absolute Gasteiger partial charge is 0.497 e. The lowest BCUT2D eigenvalue weighted by molar-refractivity contribution is 0.406. The summed E-state index contributed by atoms with van der Waals surface area (Å²) in [4.78, 5) is 0. The van der Waals surface area contributed by atoms with Gasteiger partial charge in [0.25, 0.3) is 0 Å². The first-order valence-corrected chi connectivity index (χ1v) is 6.70. The minimum Gasteiger partial charge on any atom is -0.497 e. The van der Waals surface area contributed by atoms with Crippen molar-refractivity contribution in [3.05, 3.63) is 29.3 Å². The molecule has 1 fully saturated rings. The van der Waals surface area contributed by atoms with Gasteiger partial charge in [0.05, 0.1) is 7.11 Å². The lowest BCUT2D eigenvalue weighted by Gasteiger charge is -2.31. The molecule has 2 nitrogen and oxygen atoms in total. The predicted molar refractivity (Wildman–Crippen MR) is 69.4 cm³/mol. The van der Waals surface area contributed by atoms with Crippen molar-refractivity contribution in [2.45, 2.75) is 44.1 Å². The Labute approximate surface area is 103 Å². The van der Waals surface area contributed by atoms with Crippen LogP contribution in [0, 0.1) is 5.92 Å². The van der Waals surface area contributed by atoms with Crippen LogP contribution >= 0.6 is 0 Å². The number of fused-ring (bicyclic) bond motifs is 1. The lowest BCUT2D eigenvalue weighted by atomic mass is 9.77. The molecule has 2 heteroatoms. The smallest absolute Gasteiger partial charge is 0.119 e. The van der Waals surface area contributed by atoms with Crippen molar-refractivity contribution < 1.29 is 4.74 Å². The number of benzene rings is 1. The normalized spacial score (nSPS) is 27.6. The molecule has 2 N–H and O–H groups in total. The van der Waals surface area contributed by atoms with Crippen molar-refractivity contribution in [2.75, 3.05) is 7.11 Å². The minimum absolute atomic E-state index is 0.358. The van der Waals surface area contributed by atoms with E-state index in [1.165, 1.54) is 30.4 Å². The van der Waals surface area contributed by atoms with Gasteiger partial charge in [0.15, 0.2) is 0 Å². The van der Waals surface area contributed by atoms with Crippen LogP contribution in [0.25, 0.3) is 0 Å². The maximum Gasteiger partial charge on any atom is 0.119 e. The molecule has 1 aromatic rings. The number of methoxy groups -OCH3 is 1. The summed E-state index contributed by atoms with van der Waals surface area (Å²) < 4.78 is 5.30. The molecule has 1 aromatic carbocycles. The topological polar surface area (TPSA) is 35.2 Å². The summed E-state index contributed by atoms with van der Waals surface area (Å²) in [5.41, 5.74) is 9.25. The van der Waals surface area contributed by atoms with E-state index in [0.717, 1.165) is 24.5 Å². The van der Waals surface area contributed by atoms with Crippen LogP contribution in [0.2, 0.25) is 0 Å². The van der Waals surface area contributed by atoms with Gasteiger partial charge >= 0.3 is 0 Å². The molecule has 0 aromatic heterocycles. The van der Waals surface area contributed by atoms with Gasteiger partial charge in [-0.15, -0.1) is 0 Å². The summed E-state index contributed by atoms with van der Waals surface area (Å²) in [5, 5.41) is 0. The van der Waals surface area contributed by atoms with E-state index in [-0.39, 0.29) is 0 Å². The van der Waals surface area contributed by atoms with Gasteiger partial charge in [0.2, 0.25) is 0 Å². The zero-order chi connectivity index (χ0) is 11.8. The van der Waals surface area contributed by atoms with Crippen LogP contribution in [0.15, 0.2) is 18.2 Å². The molecule has 92 valence electrons. The monoisotopic (exact) mass is 231 g/mol. The van der Waals surface area contributed by atoms with E-state index in [1.54, 1.807) is 7.11 Å². The molecule has 2 aliphatic carbocycles. The predicted octanol–water partition coefficient (Wildman–Crippen LogP) is 2.85. The highest BCUT2D eigenvalue weighted by Crippen LogP contribution is 2.43. The van der Waals surface area contributed by atoms with Crippen molar-refractivity contribution in [3.63, 3.8) is 0 Å². The number of rotatable bonds is 3. The van der Waals surface area contributed by atoms with E-state index in [2.05, 4.69) is 18.2 Å². The molecule has 0 amide bonds. The van der Waals surface area contributed by atoms with E-state index in [1.807, 2.05) is 0 Å². The van der Waals surface area contributed by atoms with Crippen molar-refractivity contribution >= 4 is 0 Å². The van der Waals surface area contributed by atoms with Gasteiger partial charge in [0.1, 0.15) is 5.75 Å². The summed E-state index contributed by atoms with van der Waals surface area (Å²) in [6, 6.07) is 6.87. The molecule has 1 saturated carbocycles. The van der Waals surface area contributed by atoms with E-state index in [9.17, 15) is 0 Å². The maximum absolute atomic E-state index is 6.31. The molecular weight excluding hydrogens is 210 g/mol. The average molecular weight is 231 g/mol. The molecule has 0 saturated heterocycles. The third kappa shape index (κ3) is 2.19. The third-order valence-corrected chi connectivity index (χ3v) is 4.30. The van der Waals surface area contributed by atoms with Crippen molar-refractivity contribution in [2.24, 2.45) is 11.7 Å². The third-order valence-electron chi connectivity index (χ3n) is 4.30. The summed E-state index contributed by atoms with van der Waals surface area (Å²) in [6.45, 7) is 0. The zero-order valence-electron chi connectivity index (χ0n) is 10.5. The molecule has 3 rings (SSSR count). The molecular formula is C15H21NO. The Balaban J connectivity index is 1.89. The molecule has 0 bridgehead atoms. The van der Waals surface area contributed by atoms with Crippen LogP contribution in [0.1, 0.15) is 42.7 Å². The summed E-state index contributed by atoms with van der Waals surface area (Å²) in [7, 11) is 1.73. The van der Waals surface area contributed by atoms with Gasteiger partial charge in [-0.2, -0.15) is 0 Å². The standard InChI is InChI=1S/C15H21NO/c1-17-12-5-6-13-11(9-12)4-7-15(16)14(13)8-10-2-3-10/h5-6,9-10,14-15H,2-4,7-8,16H2,1H3/t14-,15+/m1/s1. The van der Waals surface area contributed by atoms with Crippen LogP contribution in [-0.4, -0.2) is 13.2 Å². The highest BCUT2D eigenvalue weighted by atomic mass is 16.5. The molecule has 0 heterocycles. The van der Waals surface area contributed by atoms with Crippen LogP contribution in [0.5, 0.6) is 5.75 Å². The van der Waals surface area contributed by atoms with Gasteiger partial charge in [0, 0.05) is 6.04 Å². The fourth-order valence-electron chi connectivity index (χ4n) is 3.06. The van der Waals surface area contributed by atoms with Crippen LogP contribution in [0.3, 0.4) is 0 Å². The zero-order valence-corrected chi connectivity index (χ0v) is 10.5. The van der Waals surface area contributed by atoms with Crippen molar-refractivity contribution in [1.29, 1.82) is 0 Å². The SMILES string of the molecule is COc1ccc2c(c1)CC[C@H](N)[C@@H]2CC1CC1. The number of aryl methyl sites for hydroxylation is 1. The number of hydrogen-bond acceptors (Lipinski definition) is 2. The second kappa shape index (κ2) is 4.34. The van der Waals surface area contributed by atoms with Gasteiger partial charge in [-0.05, 0) is 54.4 Å². The lowest BCUT2D eigenvalue weighted by Crippen LogP contribution is -2.33. The fraction of sp³-hybridized carbons (Fsp3) is 0.600. The van der Waals surface area contributed by atoms with Crippen molar-refractivity contribution in [3.8, 4) is 5.75 Å². The number of nitrogens with two attached hydrogens (primary N) is 1. The Morgan fingerprint density at radius 2 is 2.12 bits per heavy atom. The first kappa shape index (κ1) is 11.1. The molecule has 0 spiro atoms. The molecule has 17 heavy (non-hydrogen) atoms. The molecule has 0 radical (unpaired) electrons. The van der Waals surface area contributed by atoms with E-state index in [4.69, 9.17) is 10.5 Å². The van der Waals surface area contributed by atoms with Gasteiger partial charge in [-0.25, -0.2) is 0 Å². The fourth-order valence-corrected chi connectivity index (χ4v) is 3.06. The Hall–Kier alpha value is -1.02. The van der Waals surface area contributed by atoms with Gasteiger partial charge < -0.3 is 10.5 Å². The maximum atomic E-state index is 6.31. The van der Waals surface area contributed by atoms with Gasteiger partial charge in [-0.1, -0.05) is 18.9 Å². The number of ether oxygens (including phenoxy) is 1. The van der Waals surface area contributed by atoms with Crippen molar-refractivity contribution in [1.82, 2.24) is 0 Å². The summed E-state index contributed by atoms with van der Waals surface area (Å²) in [5.74, 6) is 2.50. The first-order chi connectivity index (χ1) is 8.28. The van der Waals surface area contributed by atoms with E-state index < -0.39 is 0 Å². The molecule has 0 aliphatic heterocycles. The average Bonchev–Trinajstić information content (AvgIpc) is 3.16. The van der Waals surface area contributed by atoms with Crippen LogP contribution < -0.4 is 10.5 Å². The molecule has 2 aliphatic rings. The van der Waals surface area contributed by atoms with E-state index >= 15 is 0 Å². The first-order valence-electron chi connectivity index (χ1n) is 6.70. The van der Waals surface area contributed by atoms with E-state index in [0.29, 0.717) is 12.0 Å². The van der Waals surface area contributed by atoms with Gasteiger partial charge in [-0.3, -0.25) is 0 Å². The Bertz CT molecular complexity index is 411.